The number of aliphatic hydroxyl groups is 1. The van der Waals surface area contributed by atoms with Crippen molar-refractivity contribution in [3.8, 4) is 5.75 Å². The molecule has 1 N–H and O–H groups in total. The highest BCUT2D eigenvalue weighted by Crippen LogP contribution is 2.44. The highest BCUT2D eigenvalue weighted by Gasteiger charge is 2.54. The lowest BCUT2D eigenvalue weighted by atomic mass is 9.90. The van der Waals surface area contributed by atoms with Crippen molar-refractivity contribution < 1.29 is 23.0 Å². The molecule has 0 fully saturated rings. The second kappa shape index (κ2) is 4.74. The maximum atomic E-state index is 12.8. The van der Waals surface area contributed by atoms with Crippen LogP contribution < -0.4 is 4.74 Å². The summed E-state index contributed by atoms with van der Waals surface area (Å²) in [5, 5.41) is 9.55. The number of benzene rings is 1. The summed E-state index contributed by atoms with van der Waals surface area (Å²) in [5.41, 5.74) is -3.30. The van der Waals surface area contributed by atoms with E-state index >= 15 is 0 Å². The molecule has 0 heterocycles. The van der Waals surface area contributed by atoms with Crippen LogP contribution in [-0.4, -0.2) is 18.4 Å². The Morgan fingerprint density at radius 3 is 2.29 bits per heavy atom. The van der Waals surface area contributed by atoms with Crippen LogP contribution in [0.25, 0.3) is 0 Å². The molecular weight excluding hydrogens is 257 g/mol. The Balaban J connectivity index is 3.31. The zero-order valence-electron chi connectivity index (χ0n) is 9.31. The third-order valence-corrected chi connectivity index (χ3v) is 2.92. The van der Waals surface area contributed by atoms with Crippen molar-refractivity contribution in [2.24, 2.45) is 0 Å². The monoisotopic (exact) mass is 268 g/mol. The quantitative estimate of drug-likeness (QED) is 0.909. The van der Waals surface area contributed by atoms with E-state index in [1.807, 2.05) is 0 Å². The molecule has 1 aromatic rings. The first-order chi connectivity index (χ1) is 7.76. The summed E-state index contributed by atoms with van der Waals surface area (Å²) in [6.45, 7) is 1.24. The van der Waals surface area contributed by atoms with Gasteiger partial charge >= 0.3 is 6.18 Å². The second-order valence-corrected chi connectivity index (χ2v) is 3.96. The van der Waals surface area contributed by atoms with Crippen LogP contribution in [0.1, 0.15) is 18.9 Å². The lowest BCUT2D eigenvalue weighted by Crippen LogP contribution is -2.41. The van der Waals surface area contributed by atoms with E-state index in [4.69, 9.17) is 16.3 Å². The van der Waals surface area contributed by atoms with Crippen molar-refractivity contribution in [3.63, 3.8) is 0 Å². The Morgan fingerprint density at radius 1 is 1.35 bits per heavy atom. The standard InChI is InChI=1S/C11H12ClF3O2/c1-3-10(16,11(13,14)15)8-5-4-7(17-2)6-9(8)12/h4-6,16H,3H2,1-2H3. The van der Waals surface area contributed by atoms with Gasteiger partial charge in [0.15, 0.2) is 5.60 Å². The summed E-state index contributed by atoms with van der Waals surface area (Å²) < 4.78 is 43.3. The molecule has 0 amide bonds. The maximum absolute atomic E-state index is 12.8. The van der Waals surface area contributed by atoms with Crippen LogP contribution in [0.3, 0.4) is 0 Å². The van der Waals surface area contributed by atoms with Crippen LogP contribution >= 0.6 is 11.6 Å². The molecule has 6 heteroatoms. The number of rotatable bonds is 3. The fraction of sp³-hybridized carbons (Fsp3) is 0.455. The summed E-state index contributed by atoms with van der Waals surface area (Å²) in [6.07, 6.45) is -5.29. The topological polar surface area (TPSA) is 29.5 Å². The molecule has 1 atom stereocenters. The van der Waals surface area contributed by atoms with Crippen LogP contribution in [0.15, 0.2) is 18.2 Å². The molecular formula is C11H12ClF3O2. The number of hydrogen-bond acceptors (Lipinski definition) is 2. The molecule has 1 aromatic carbocycles. The fourth-order valence-corrected chi connectivity index (χ4v) is 1.83. The number of halogens is 4. The van der Waals surface area contributed by atoms with Gasteiger partial charge in [-0.1, -0.05) is 24.6 Å². The van der Waals surface area contributed by atoms with Gasteiger partial charge in [0.25, 0.3) is 0 Å². The van der Waals surface area contributed by atoms with Crippen molar-refractivity contribution in [2.75, 3.05) is 7.11 Å². The van der Waals surface area contributed by atoms with Gasteiger partial charge in [-0.3, -0.25) is 0 Å². The molecule has 0 aromatic heterocycles. The Labute approximate surface area is 102 Å². The summed E-state index contributed by atoms with van der Waals surface area (Å²) in [5.74, 6) is 0.333. The Bertz CT molecular complexity index is 406. The largest absolute Gasteiger partial charge is 0.497 e. The molecule has 0 saturated carbocycles. The van der Waals surface area contributed by atoms with E-state index in [0.29, 0.717) is 5.75 Å². The molecule has 17 heavy (non-hydrogen) atoms. The first kappa shape index (κ1) is 14.1. The zero-order chi connectivity index (χ0) is 13.3. The molecule has 0 radical (unpaired) electrons. The molecule has 1 unspecified atom stereocenters. The van der Waals surface area contributed by atoms with Gasteiger partial charge < -0.3 is 9.84 Å². The predicted molar refractivity (Wildman–Crippen MR) is 58.2 cm³/mol. The highest BCUT2D eigenvalue weighted by atomic mass is 35.5. The maximum Gasteiger partial charge on any atom is 0.421 e. The minimum atomic E-state index is -4.78. The molecule has 96 valence electrons. The van der Waals surface area contributed by atoms with Gasteiger partial charge in [0.1, 0.15) is 5.75 Å². The third kappa shape index (κ3) is 2.50. The number of alkyl halides is 3. The molecule has 0 aliphatic carbocycles. The molecule has 1 rings (SSSR count). The van der Waals surface area contributed by atoms with Crippen molar-refractivity contribution >= 4 is 11.6 Å². The van der Waals surface area contributed by atoms with Crippen LogP contribution in [0, 0.1) is 0 Å². The van der Waals surface area contributed by atoms with E-state index in [1.54, 1.807) is 0 Å². The summed E-state index contributed by atoms with van der Waals surface area (Å²) in [4.78, 5) is 0. The van der Waals surface area contributed by atoms with Crippen molar-refractivity contribution in [1.82, 2.24) is 0 Å². The summed E-state index contributed by atoms with van der Waals surface area (Å²) in [6, 6.07) is 3.69. The van der Waals surface area contributed by atoms with Gasteiger partial charge in [-0.25, -0.2) is 0 Å². The summed E-state index contributed by atoms with van der Waals surface area (Å²) >= 11 is 5.74. The van der Waals surface area contributed by atoms with Gasteiger partial charge in [-0.05, 0) is 18.6 Å². The molecule has 2 nitrogen and oxygen atoms in total. The molecule has 0 aliphatic rings. The SMILES string of the molecule is CCC(O)(c1ccc(OC)cc1Cl)C(F)(F)F. The molecule has 0 aliphatic heterocycles. The number of methoxy groups -OCH3 is 1. The van der Waals surface area contributed by atoms with E-state index in [2.05, 4.69) is 0 Å². The molecule has 0 bridgehead atoms. The van der Waals surface area contributed by atoms with Gasteiger partial charge in [0.2, 0.25) is 0 Å². The normalized spacial score (nSPS) is 15.5. The van der Waals surface area contributed by atoms with Crippen LogP contribution in [0.5, 0.6) is 5.75 Å². The van der Waals surface area contributed by atoms with E-state index < -0.39 is 18.2 Å². The smallest absolute Gasteiger partial charge is 0.421 e. The van der Waals surface area contributed by atoms with Crippen LogP contribution in [0.2, 0.25) is 5.02 Å². The lowest BCUT2D eigenvalue weighted by Gasteiger charge is -2.30. The summed E-state index contributed by atoms with van der Waals surface area (Å²) in [7, 11) is 1.38. The highest BCUT2D eigenvalue weighted by molar-refractivity contribution is 6.31. The van der Waals surface area contributed by atoms with E-state index in [9.17, 15) is 18.3 Å². The number of hydrogen-bond donors (Lipinski definition) is 1. The van der Waals surface area contributed by atoms with Gasteiger partial charge in [0.05, 0.1) is 12.1 Å². The Hall–Kier alpha value is -0.940. The zero-order valence-corrected chi connectivity index (χ0v) is 10.1. The van der Waals surface area contributed by atoms with Gasteiger partial charge in [0, 0.05) is 5.56 Å². The van der Waals surface area contributed by atoms with Crippen molar-refractivity contribution in [2.45, 2.75) is 25.1 Å². The average Bonchev–Trinajstić information content (AvgIpc) is 2.26. The average molecular weight is 269 g/mol. The Kier molecular flexibility index (Phi) is 3.94. The molecule has 0 saturated heterocycles. The van der Waals surface area contributed by atoms with E-state index in [1.165, 1.54) is 26.2 Å². The van der Waals surface area contributed by atoms with Crippen LogP contribution in [0.4, 0.5) is 13.2 Å². The van der Waals surface area contributed by atoms with E-state index in [-0.39, 0.29) is 10.6 Å². The molecule has 0 spiro atoms. The first-order valence-corrected chi connectivity index (χ1v) is 5.27. The lowest BCUT2D eigenvalue weighted by molar-refractivity contribution is -0.267. The number of ether oxygens (including phenoxy) is 1. The fourth-order valence-electron chi connectivity index (χ4n) is 1.50. The Morgan fingerprint density at radius 2 is 1.94 bits per heavy atom. The van der Waals surface area contributed by atoms with Crippen molar-refractivity contribution in [1.29, 1.82) is 0 Å². The first-order valence-electron chi connectivity index (χ1n) is 4.89. The van der Waals surface area contributed by atoms with Gasteiger partial charge in [-0.2, -0.15) is 13.2 Å². The third-order valence-electron chi connectivity index (χ3n) is 2.60. The van der Waals surface area contributed by atoms with Crippen molar-refractivity contribution in [3.05, 3.63) is 28.8 Å². The van der Waals surface area contributed by atoms with Gasteiger partial charge in [-0.15, -0.1) is 0 Å². The minimum absolute atomic E-state index is 0.175. The second-order valence-electron chi connectivity index (χ2n) is 3.56. The minimum Gasteiger partial charge on any atom is -0.497 e. The van der Waals surface area contributed by atoms with E-state index in [0.717, 1.165) is 6.07 Å². The van der Waals surface area contributed by atoms with Crippen LogP contribution in [-0.2, 0) is 5.60 Å². The predicted octanol–water partition coefficient (Wildman–Crippen LogP) is 3.51.